The van der Waals surface area contributed by atoms with E-state index in [0.717, 1.165) is 25.5 Å². The molecule has 2 fully saturated rings. The Morgan fingerprint density at radius 3 is 2.48 bits per heavy atom. The molecular weight excluding hydrogens is 288 g/mol. The van der Waals surface area contributed by atoms with Crippen LogP contribution in [0.5, 0.6) is 0 Å². The summed E-state index contributed by atoms with van der Waals surface area (Å²) >= 11 is 0. The Bertz CT molecular complexity index is 577. The highest BCUT2D eigenvalue weighted by molar-refractivity contribution is 5.99. The first kappa shape index (κ1) is 16.9. The summed E-state index contributed by atoms with van der Waals surface area (Å²) in [5, 5.41) is 10.6. The lowest BCUT2D eigenvalue weighted by atomic mass is 9.45. The fourth-order valence-electron chi connectivity index (χ4n) is 5.80. The lowest BCUT2D eigenvalue weighted by Gasteiger charge is -2.59. The molecule has 0 aromatic heterocycles. The molecule has 0 aliphatic heterocycles. The number of carbonyl (C=O) groups excluding carboxylic acids is 2. The van der Waals surface area contributed by atoms with Gasteiger partial charge in [-0.1, -0.05) is 40.2 Å². The highest BCUT2D eigenvalue weighted by atomic mass is 16.3. The molecule has 3 aliphatic carbocycles. The summed E-state index contributed by atoms with van der Waals surface area (Å²) in [5.74, 6) is 1.13. The van der Waals surface area contributed by atoms with Crippen LogP contribution in [0.25, 0.3) is 0 Å². The van der Waals surface area contributed by atoms with Crippen molar-refractivity contribution in [1.82, 2.24) is 0 Å². The highest BCUT2D eigenvalue weighted by Gasteiger charge is 2.62. The molecule has 0 spiro atoms. The van der Waals surface area contributed by atoms with Gasteiger partial charge in [-0.2, -0.15) is 0 Å². The minimum absolute atomic E-state index is 0.0255. The molecular formula is C20H30O3. The van der Waals surface area contributed by atoms with Gasteiger partial charge in [-0.25, -0.2) is 0 Å². The number of aldehydes is 1. The summed E-state index contributed by atoms with van der Waals surface area (Å²) in [6.07, 6.45) is 5.44. The Labute approximate surface area is 139 Å². The normalized spacial score (nSPS) is 49.6. The van der Waals surface area contributed by atoms with Gasteiger partial charge >= 0.3 is 0 Å². The summed E-state index contributed by atoms with van der Waals surface area (Å²) in [4.78, 5) is 24.3. The number of aliphatic hydroxyl groups excluding tert-OH is 1. The monoisotopic (exact) mass is 318 g/mol. The summed E-state index contributed by atoms with van der Waals surface area (Å²) in [7, 11) is 0. The number of ketones is 1. The van der Waals surface area contributed by atoms with E-state index in [4.69, 9.17) is 0 Å². The molecule has 0 heterocycles. The maximum absolute atomic E-state index is 12.7. The number of aliphatic hydroxyl groups is 1. The van der Waals surface area contributed by atoms with Crippen LogP contribution in [0.3, 0.4) is 0 Å². The lowest BCUT2D eigenvalue weighted by molar-refractivity contribution is -0.155. The van der Waals surface area contributed by atoms with E-state index in [9.17, 15) is 14.7 Å². The van der Waals surface area contributed by atoms with Crippen LogP contribution in [0.15, 0.2) is 11.6 Å². The molecule has 6 unspecified atom stereocenters. The molecule has 0 aromatic carbocycles. The topological polar surface area (TPSA) is 54.4 Å². The van der Waals surface area contributed by atoms with Gasteiger partial charge in [0.25, 0.3) is 0 Å². The minimum Gasteiger partial charge on any atom is -0.392 e. The Kier molecular flexibility index (Phi) is 3.68. The van der Waals surface area contributed by atoms with Gasteiger partial charge in [0.2, 0.25) is 0 Å². The molecule has 0 radical (unpaired) electrons. The van der Waals surface area contributed by atoms with Crippen LogP contribution >= 0.6 is 0 Å². The lowest BCUT2D eigenvalue weighted by Crippen LogP contribution is -2.56. The van der Waals surface area contributed by atoms with E-state index in [1.165, 1.54) is 5.57 Å². The summed E-state index contributed by atoms with van der Waals surface area (Å²) in [6, 6.07) is 0. The standard InChI is InChI=1S/C20H30O3/c1-12(2)13-8-16(23)20(5)7-6-18(3)10-19(4,11-21)15(22)9-14(18)17(13)20/h8,11-12,14-15,17,22H,6-7,9-10H2,1-5H3. The molecule has 6 atom stereocenters. The third-order valence-electron chi connectivity index (χ3n) is 7.38. The number of rotatable bonds is 2. The van der Waals surface area contributed by atoms with Crippen molar-refractivity contribution in [2.24, 2.45) is 34.0 Å². The van der Waals surface area contributed by atoms with Crippen molar-refractivity contribution in [1.29, 1.82) is 0 Å². The van der Waals surface area contributed by atoms with Crippen LogP contribution in [-0.4, -0.2) is 23.3 Å². The highest BCUT2D eigenvalue weighted by Crippen LogP contribution is 2.65. The maximum atomic E-state index is 12.7. The molecule has 128 valence electrons. The zero-order valence-electron chi connectivity index (χ0n) is 15.1. The molecule has 0 aromatic rings. The smallest absolute Gasteiger partial charge is 0.162 e. The van der Waals surface area contributed by atoms with Crippen molar-refractivity contribution in [3.8, 4) is 0 Å². The first-order chi connectivity index (χ1) is 10.6. The number of hydrogen-bond donors (Lipinski definition) is 1. The van der Waals surface area contributed by atoms with Crippen LogP contribution in [0.1, 0.15) is 60.3 Å². The van der Waals surface area contributed by atoms with Gasteiger partial charge < -0.3 is 9.90 Å². The van der Waals surface area contributed by atoms with Crippen molar-refractivity contribution >= 4 is 12.1 Å². The predicted octanol–water partition coefficient (Wildman–Crippen LogP) is 3.55. The fourth-order valence-corrected chi connectivity index (χ4v) is 5.80. The van der Waals surface area contributed by atoms with Gasteiger partial charge in [0, 0.05) is 10.8 Å². The summed E-state index contributed by atoms with van der Waals surface area (Å²) in [5.41, 5.74) is 0.328. The van der Waals surface area contributed by atoms with Gasteiger partial charge in [-0.15, -0.1) is 0 Å². The zero-order valence-corrected chi connectivity index (χ0v) is 15.1. The first-order valence-corrected chi connectivity index (χ1v) is 8.98. The molecule has 0 saturated heterocycles. The molecule has 2 saturated carbocycles. The molecule has 0 bridgehead atoms. The largest absolute Gasteiger partial charge is 0.392 e. The number of hydrogen-bond acceptors (Lipinski definition) is 3. The molecule has 3 aliphatic rings. The molecule has 1 N–H and O–H groups in total. The quantitative estimate of drug-likeness (QED) is 0.792. The van der Waals surface area contributed by atoms with Gasteiger partial charge in [0.1, 0.15) is 6.29 Å². The Hall–Kier alpha value is -0.960. The van der Waals surface area contributed by atoms with Crippen molar-refractivity contribution in [2.45, 2.75) is 66.4 Å². The van der Waals surface area contributed by atoms with Crippen LogP contribution in [-0.2, 0) is 9.59 Å². The van der Waals surface area contributed by atoms with Gasteiger partial charge in [-0.3, -0.25) is 4.79 Å². The van der Waals surface area contributed by atoms with Crippen LogP contribution in [0.4, 0.5) is 0 Å². The molecule has 3 nitrogen and oxygen atoms in total. The van der Waals surface area contributed by atoms with Gasteiger partial charge in [-0.05, 0) is 54.9 Å². The second kappa shape index (κ2) is 5.02. The summed E-state index contributed by atoms with van der Waals surface area (Å²) < 4.78 is 0. The first-order valence-electron chi connectivity index (χ1n) is 8.98. The van der Waals surface area contributed by atoms with Gasteiger partial charge in [0.15, 0.2) is 5.78 Å². The average molecular weight is 318 g/mol. The van der Waals surface area contributed by atoms with E-state index >= 15 is 0 Å². The van der Waals surface area contributed by atoms with E-state index in [-0.39, 0.29) is 28.4 Å². The predicted molar refractivity (Wildman–Crippen MR) is 89.8 cm³/mol. The Balaban J connectivity index is 2.04. The van der Waals surface area contributed by atoms with Crippen LogP contribution < -0.4 is 0 Å². The fraction of sp³-hybridized carbons (Fsp3) is 0.800. The van der Waals surface area contributed by atoms with Crippen molar-refractivity contribution < 1.29 is 14.7 Å². The molecule has 23 heavy (non-hydrogen) atoms. The van der Waals surface area contributed by atoms with E-state index in [1.807, 2.05) is 13.0 Å². The Morgan fingerprint density at radius 1 is 1.26 bits per heavy atom. The van der Waals surface area contributed by atoms with E-state index < -0.39 is 11.5 Å². The van der Waals surface area contributed by atoms with Crippen LogP contribution in [0, 0.1) is 34.0 Å². The second-order valence-electron chi connectivity index (χ2n) is 9.37. The Morgan fingerprint density at radius 2 is 1.91 bits per heavy atom. The number of allylic oxidation sites excluding steroid dienone is 2. The molecule has 0 amide bonds. The van der Waals surface area contributed by atoms with Crippen molar-refractivity contribution in [2.75, 3.05) is 0 Å². The van der Waals surface area contributed by atoms with E-state index in [0.29, 0.717) is 12.3 Å². The van der Waals surface area contributed by atoms with Crippen molar-refractivity contribution in [3.63, 3.8) is 0 Å². The third-order valence-corrected chi connectivity index (χ3v) is 7.38. The molecule has 3 rings (SSSR count). The number of carbonyl (C=O) groups is 2. The number of fused-ring (bicyclic) bond motifs is 3. The van der Waals surface area contributed by atoms with E-state index in [1.54, 1.807) is 0 Å². The van der Waals surface area contributed by atoms with E-state index in [2.05, 4.69) is 27.7 Å². The van der Waals surface area contributed by atoms with Crippen LogP contribution in [0.2, 0.25) is 0 Å². The maximum Gasteiger partial charge on any atom is 0.162 e. The SMILES string of the molecule is CC(C)C1=CC(=O)C2(C)CCC3(C)CC(C)(C=O)C(O)CC3C12. The zero-order chi connectivity index (χ0) is 17.2. The summed E-state index contributed by atoms with van der Waals surface area (Å²) in [6.45, 7) is 10.6. The second-order valence-corrected chi connectivity index (χ2v) is 9.37. The molecule has 3 heteroatoms. The average Bonchev–Trinajstić information content (AvgIpc) is 2.74. The third kappa shape index (κ3) is 2.19. The van der Waals surface area contributed by atoms with Crippen molar-refractivity contribution in [3.05, 3.63) is 11.6 Å². The van der Waals surface area contributed by atoms with Gasteiger partial charge in [0.05, 0.1) is 6.10 Å². The minimum atomic E-state index is -0.649.